The SMILES string of the molecule is FC(F)(F)CSc1ccccc1NCc1ccc(-n2ccnc2)cc1. The number of para-hydroxylation sites is 1. The van der Waals surface area contributed by atoms with E-state index in [0.29, 0.717) is 17.1 Å². The van der Waals surface area contributed by atoms with Crippen molar-refractivity contribution in [3.63, 3.8) is 0 Å². The van der Waals surface area contributed by atoms with E-state index in [1.54, 1.807) is 30.7 Å². The van der Waals surface area contributed by atoms with E-state index in [9.17, 15) is 13.2 Å². The van der Waals surface area contributed by atoms with Crippen LogP contribution in [0.4, 0.5) is 18.9 Å². The molecule has 0 aliphatic carbocycles. The molecule has 0 fully saturated rings. The molecule has 1 aromatic heterocycles. The van der Waals surface area contributed by atoms with Crippen molar-refractivity contribution >= 4 is 17.4 Å². The first-order valence-electron chi connectivity index (χ1n) is 7.61. The van der Waals surface area contributed by atoms with E-state index in [-0.39, 0.29) is 0 Å². The van der Waals surface area contributed by atoms with Crippen LogP contribution in [0.25, 0.3) is 5.69 Å². The molecule has 0 atom stereocenters. The van der Waals surface area contributed by atoms with Crippen LogP contribution in [0.5, 0.6) is 0 Å². The molecule has 3 aromatic rings. The van der Waals surface area contributed by atoms with E-state index in [1.165, 1.54) is 0 Å². The van der Waals surface area contributed by atoms with Gasteiger partial charge in [-0.05, 0) is 29.8 Å². The summed E-state index contributed by atoms with van der Waals surface area (Å²) in [4.78, 5) is 4.60. The third-order valence-corrected chi connectivity index (χ3v) is 4.64. The predicted octanol–water partition coefficient (Wildman–Crippen LogP) is 5.14. The summed E-state index contributed by atoms with van der Waals surface area (Å²) in [5, 5.41) is 3.21. The first kappa shape index (κ1) is 17.4. The fourth-order valence-electron chi connectivity index (χ4n) is 2.29. The zero-order chi connectivity index (χ0) is 17.7. The number of rotatable bonds is 6. The summed E-state index contributed by atoms with van der Waals surface area (Å²) in [6, 6.07) is 14.9. The van der Waals surface area contributed by atoms with Crippen molar-refractivity contribution < 1.29 is 13.2 Å². The van der Waals surface area contributed by atoms with Gasteiger partial charge in [-0.15, -0.1) is 11.8 Å². The molecule has 0 radical (unpaired) electrons. The average Bonchev–Trinajstić information content (AvgIpc) is 3.13. The molecule has 0 unspecified atom stereocenters. The second-order valence-corrected chi connectivity index (χ2v) is 6.41. The Labute approximate surface area is 147 Å². The summed E-state index contributed by atoms with van der Waals surface area (Å²) in [6.45, 7) is 0.536. The minimum Gasteiger partial charge on any atom is -0.380 e. The van der Waals surface area contributed by atoms with Gasteiger partial charge < -0.3 is 9.88 Å². The number of aromatic nitrogens is 2. The number of hydrogen-bond acceptors (Lipinski definition) is 3. The summed E-state index contributed by atoms with van der Waals surface area (Å²) in [5.41, 5.74) is 2.75. The minimum absolute atomic E-state index is 0.536. The molecule has 3 nitrogen and oxygen atoms in total. The number of benzene rings is 2. The van der Waals surface area contributed by atoms with Crippen molar-refractivity contribution in [1.82, 2.24) is 9.55 Å². The number of imidazole rings is 1. The molecule has 0 bridgehead atoms. The summed E-state index contributed by atoms with van der Waals surface area (Å²) in [7, 11) is 0. The van der Waals surface area contributed by atoms with Crippen LogP contribution in [0.2, 0.25) is 0 Å². The van der Waals surface area contributed by atoms with E-state index in [1.807, 2.05) is 41.1 Å². The van der Waals surface area contributed by atoms with Gasteiger partial charge in [0.2, 0.25) is 0 Å². The lowest BCUT2D eigenvalue weighted by Crippen LogP contribution is -2.11. The van der Waals surface area contributed by atoms with E-state index >= 15 is 0 Å². The normalized spacial score (nSPS) is 11.5. The van der Waals surface area contributed by atoms with E-state index in [0.717, 1.165) is 23.0 Å². The molecule has 0 aliphatic heterocycles. The van der Waals surface area contributed by atoms with Crippen LogP contribution in [0.3, 0.4) is 0 Å². The van der Waals surface area contributed by atoms with E-state index < -0.39 is 11.9 Å². The molecule has 2 aromatic carbocycles. The monoisotopic (exact) mass is 363 g/mol. The lowest BCUT2D eigenvalue weighted by atomic mass is 10.2. The van der Waals surface area contributed by atoms with Crippen LogP contribution in [-0.4, -0.2) is 21.5 Å². The molecule has 130 valence electrons. The van der Waals surface area contributed by atoms with Crippen LogP contribution in [-0.2, 0) is 6.54 Å². The van der Waals surface area contributed by atoms with Gasteiger partial charge in [0.05, 0.1) is 12.1 Å². The maximum Gasteiger partial charge on any atom is 0.398 e. The molecule has 3 rings (SSSR count). The summed E-state index contributed by atoms with van der Waals surface area (Å²) in [5.74, 6) is -0.898. The van der Waals surface area contributed by atoms with Crippen LogP contribution >= 0.6 is 11.8 Å². The lowest BCUT2D eigenvalue weighted by Gasteiger charge is -2.13. The summed E-state index contributed by atoms with van der Waals surface area (Å²) >= 11 is 0.792. The first-order valence-corrected chi connectivity index (χ1v) is 8.59. The van der Waals surface area contributed by atoms with Crippen LogP contribution < -0.4 is 5.32 Å². The Morgan fingerprint density at radius 1 is 1.04 bits per heavy atom. The Kier molecular flexibility index (Phi) is 5.33. The summed E-state index contributed by atoms with van der Waals surface area (Å²) in [6.07, 6.45) is 1.12. The maximum absolute atomic E-state index is 12.4. The molecular formula is C18H16F3N3S. The van der Waals surface area contributed by atoms with Gasteiger partial charge in [0.15, 0.2) is 0 Å². The molecule has 0 saturated carbocycles. The smallest absolute Gasteiger partial charge is 0.380 e. The Bertz CT molecular complexity index is 799. The van der Waals surface area contributed by atoms with Gasteiger partial charge >= 0.3 is 6.18 Å². The largest absolute Gasteiger partial charge is 0.398 e. The molecule has 0 saturated heterocycles. The topological polar surface area (TPSA) is 29.9 Å². The van der Waals surface area contributed by atoms with Gasteiger partial charge in [-0.2, -0.15) is 13.2 Å². The third-order valence-electron chi connectivity index (χ3n) is 3.50. The molecule has 0 amide bonds. The zero-order valence-corrected chi connectivity index (χ0v) is 14.0. The molecular weight excluding hydrogens is 347 g/mol. The highest BCUT2D eigenvalue weighted by atomic mass is 32.2. The average molecular weight is 363 g/mol. The second-order valence-electron chi connectivity index (χ2n) is 5.39. The highest BCUT2D eigenvalue weighted by molar-refractivity contribution is 7.99. The van der Waals surface area contributed by atoms with E-state index in [2.05, 4.69) is 10.3 Å². The number of nitrogens with zero attached hydrogens (tertiary/aromatic N) is 2. The van der Waals surface area contributed by atoms with Crippen molar-refractivity contribution in [1.29, 1.82) is 0 Å². The fraction of sp³-hybridized carbons (Fsp3) is 0.167. The molecule has 7 heteroatoms. The number of thioether (sulfide) groups is 1. The zero-order valence-electron chi connectivity index (χ0n) is 13.2. The molecule has 1 N–H and O–H groups in total. The van der Waals surface area contributed by atoms with Crippen molar-refractivity contribution in [2.45, 2.75) is 17.6 Å². The van der Waals surface area contributed by atoms with Crippen molar-refractivity contribution in [2.24, 2.45) is 0 Å². The first-order chi connectivity index (χ1) is 12.0. The molecule has 25 heavy (non-hydrogen) atoms. The summed E-state index contributed by atoms with van der Waals surface area (Å²) < 4.78 is 39.2. The Morgan fingerprint density at radius 3 is 2.48 bits per heavy atom. The highest BCUT2D eigenvalue weighted by Crippen LogP contribution is 2.32. The van der Waals surface area contributed by atoms with Crippen LogP contribution in [0.1, 0.15) is 5.56 Å². The van der Waals surface area contributed by atoms with Crippen molar-refractivity contribution in [2.75, 3.05) is 11.1 Å². The van der Waals surface area contributed by atoms with Gasteiger partial charge in [-0.3, -0.25) is 0 Å². The number of alkyl halides is 3. The predicted molar refractivity (Wildman–Crippen MR) is 94.1 cm³/mol. The number of hydrogen-bond donors (Lipinski definition) is 1. The lowest BCUT2D eigenvalue weighted by molar-refractivity contribution is -0.105. The quantitative estimate of drug-likeness (QED) is 0.615. The van der Waals surface area contributed by atoms with Crippen LogP contribution in [0, 0.1) is 0 Å². The van der Waals surface area contributed by atoms with Gasteiger partial charge in [-0.1, -0.05) is 24.3 Å². The van der Waals surface area contributed by atoms with E-state index in [4.69, 9.17) is 0 Å². The Hall–Kier alpha value is -2.41. The van der Waals surface area contributed by atoms with Gasteiger partial charge in [-0.25, -0.2) is 4.98 Å². The van der Waals surface area contributed by atoms with Crippen molar-refractivity contribution in [3.05, 3.63) is 72.8 Å². The number of halogens is 3. The van der Waals surface area contributed by atoms with Gasteiger partial charge in [0, 0.05) is 35.2 Å². The molecule has 1 heterocycles. The number of anilines is 1. The molecule has 0 aliphatic rings. The minimum atomic E-state index is -4.18. The highest BCUT2D eigenvalue weighted by Gasteiger charge is 2.27. The standard InChI is InChI=1S/C18H16F3N3S/c19-18(20,21)12-25-17-4-2-1-3-16(17)23-11-14-5-7-15(8-6-14)24-10-9-22-13-24/h1-10,13,23H,11-12H2. The second kappa shape index (κ2) is 7.65. The fourth-order valence-corrected chi connectivity index (χ4v) is 3.08. The Balaban J connectivity index is 1.63. The van der Waals surface area contributed by atoms with Gasteiger partial charge in [0.1, 0.15) is 0 Å². The third kappa shape index (κ3) is 5.03. The molecule has 0 spiro atoms. The van der Waals surface area contributed by atoms with Crippen molar-refractivity contribution in [3.8, 4) is 5.69 Å². The Morgan fingerprint density at radius 2 is 1.80 bits per heavy atom. The van der Waals surface area contributed by atoms with Crippen LogP contribution in [0.15, 0.2) is 72.1 Å². The maximum atomic E-state index is 12.4. The van der Waals surface area contributed by atoms with Gasteiger partial charge in [0.25, 0.3) is 0 Å². The number of nitrogens with one attached hydrogen (secondary N) is 1.